The van der Waals surface area contributed by atoms with Crippen LogP contribution in [0.15, 0.2) is 24.3 Å². The Kier molecular flexibility index (Phi) is 5.76. The predicted molar refractivity (Wildman–Crippen MR) is 84.1 cm³/mol. The molecule has 0 saturated carbocycles. The Morgan fingerprint density at radius 1 is 1.38 bits per heavy atom. The fourth-order valence-electron chi connectivity index (χ4n) is 2.74. The van der Waals surface area contributed by atoms with Gasteiger partial charge in [-0.1, -0.05) is 36.8 Å². The first-order valence-corrected chi connectivity index (χ1v) is 7.74. The molecular weight excluding hydrogens is 264 g/mol. The third-order valence-corrected chi connectivity index (χ3v) is 4.02. The SMILES string of the molecule is CCCN(Cc1ccc(C)cc1)C(=O)C1CC(OC)CN1. The van der Waals surface area contributed by atoms with Gasteiger partial charge in [-0.15, -0.1) is 0 Å². The molecule has 1 amide bonds. The largest absolute Gasteiger partial charge is 0.380 e. The average molecular weight is 290 g/mol. The van der Waals surface area contributed by atoms with E-state index in [0.717, 1.165) is 25.9 Å². The van der Waals surface area contributed by atoms with E-state index in [1.54, 1.807) is 7.11 Å². The van der Waals surface area contributed by atoms with E-state index >= 15 is 0 Å². The van der Waals surface area contributed by atoms with Gasteiger partial charge in [0.2, 0.25) is 5.91 Å². The molecular formula is C17H26N2O2. The van der Waals surface area contributed by atoms with Crippen molar-refractivity contribution >= 4 is 5.91 Å². The smallest absolute Gasteiger partial charge is 0.240 e. The Bertz CT molecular complexity index is 458. The maximum atomic E-state index is 12.7. The molecule has 2 rings (SSSR count). The van der Waals surface area contributed by atoms with Crippen molar-refractivity contribution in [2.75, 3.05) is 20.2 Å². The highest BCUT2D eigenvalue weighted by atomic mass is 16.5. The van der Waals surface area contributed by atoms with Gasteiger partial charge in [-0.3, -0.25) is 4.79 Å². The highest BCUT2D eigenvalue weighted by molar-refractivity contribution is 5.82. The van der Waals surface area contributed by atoms with E-state index < -0.39 is 0 Å². The summed E-state index contributed by atoms with van der Waals surface area (Å²) in [5.41, 5.74) is 2.43. The molecule has 1 N–H and O–H groups in total. The molecule has 0 radical (unpaired) electrons. The van der Waals surface area contributed by atoms with Crippen LogP contribution in [-0.2, 0) is 16.1 Å². The number of amides is 1. The van der Waals surface area contributed by atoms with Crippen LogP contribution in [0, 0.1) is 6.92 Å². The van der Waals surface area contributed by atoms with Gasteiger partial charge in [-0.2, -0.15) is 0 Å². The van der Waals surface area contributed by atoms with Crippen LogP contribution in [-0.4, -0.2) is 43.2 Å². The summed E-state index contributed by atoms with van der Waals surface area (Å²) >= 11 is 0. The number of aryl methyl sites for hydroxylation is 1. The molecule has 116 valence electrons. The lowest BCUT2D eigenvalue weighted by atomic mass is 10.1. The summed E-state index contributed by atoms with van der Waals surface area (Å²) in [5, 5.41) is 3.27. The van der Waals surface area contributed by atoms with E-state index in [0.29, 0.717) is 6.54 Å². The van der Waals surface area contributed by atoms with E-state index in [1.165, 1.54) is 11.1 Å². The second-order valence-corrected chi connectivity index (χ2v) is 5.80. The van der Waals surface area contributed by atoms with E-state index in [2.05, 4.69) is 43.4 Å². The van der Waals surface area contributed by atoms with Crippen LogP contribution >= 0.6 is 0 Å². The number of nitrogens with zero attached hydrogens (tertiary/aromatic N) is 1. The summed E-state index contributed by atoms with van der Waals surface area (Å²) < 4.78 is 5.33. The number of nitrogens with one attached hydrogen (secondary N) is 1. The van der Waals surface area contributed by atoms with Crippen molar-refractivity contribution in [1.82, 2.24) is 10.2 Å². The summed E-state index contributed by atoms with van der Waals surface area (Å²) in [4.78, 5) is 14.6. The van der Waals surface area contributed by atoms with E-state index in [4.69, 9.17) is 4.74 Å². The molecule has 1 saturated heterocycles. The Morgan fingerprint density at radius 3 is 2.67 bits per heavy atom. The fourth-order valence-corrected chi connectivity index (χ4v) is 2.74. The maximum Gasteiger partial charge on any atom is 0.240 e. The summed E-state index contributed by atoms with van der Waals surface area (Å²) in [6.07, 6.45) is 1.89. The van der Waals surface area contributed by atoms with Gasteiger partial charge in [0, 0.05) is 26.7 Å². The van der Waals surface area contributed by atoms with Gasteiger partial charge < -0.3 is 15.0 Å². The van der Waals surface area contributed by atoms with Crippen LogP contribution in [0.25, 0.3) is 0 Å². The minimum atomic E-state index is -0.105. The molecule has 21 heavy (non-hydrogen) atoms. The fraction of sp³-hybridized carbons (Fsp3) is 0.588. The molecule has 0 aliphatic carbocycles. The molecule has 1 aliphatic rings. The molecule has 0 aromatic heterocycles. The lowest BCUT2D eigenvalue weighted by Gasteiger charge is -2.25. The zero-order valence-electron chi connectivity index (χ0n) is 13.3. The van der Waals surface area contributed by atoms with Gasteiger partial charge in [0.05, 0.1) is 12.1 Å². The lowest BCUT2D eigenvalue weighted by molar-refractivity contribution is -0.133. The Balaban J connectivity index is 2.00. The third kappa shape index (κ3) is 4.29. The van der Waals surface area contributed by atoms with Crippen LogP contribution in [0.2, 0.25) is 0 Å². The second kappa shape index (κ2) is 7.57. The van der Waals surface area contributed by atoms with Crippen molar-refractivity contribution < 1.29 is 9.53 Å². The number of carbonyl (C=O) groups is 1. The van der Waals surface area contributed by atoms with E-state index in [9.17, 15) is 4.79 Å². The number of hydrogen-bond donors (Lipinski definition) is 1. The van der Waals surface area contributed by atoms with Crippen LogP contribution in [0.1, 0.15) is 30.9 Å². The first kappa shape index (κ1) is 16.0. The minimum absolute atomic E-state index is 0.105. The summed E-state index contributed by atoms with van der Waals surface area (Å²) in [5.74, 6) is 0.192. The van der Waals surface area contributed by atoms with E-state index in [-0.39, 0.29) is 18.1 Å². The molecule has 0 bridgehead atoms. The Labute approximate surface area is 127 Å². The minimum Gasteiger partial charge on any atom is -0.380 e. The number of methoxy groups -OCH3 is 1. The highest BCUT2D eigenvalue weighted by Crippen LogP contribution is 2.15. The molecule has 1 aromatic rings. The molecule has 1 aliphatic heterocycles. The number of rotatable bonds is 6. The topological polar surface area (TPSA) is 41.6 Å². The maximum absolute atomic E-state index is 12.7. The summed E-state index contributed by atoms with van der Waals surface area (Å²) in [7, 11) is 1.70. The normalized spacial score (nSPS) is 21.5. The monoisotopic (exact) mass is 290 g/mol. The number of hydrogen-bond acceptors (Lipinski definition) is 3. The van der Waals surface area contributed by atoms with Crippen molar-refractivity contribution in [1.29, 1.82) is 0 Å². The average Bonchev–Trinajstić information content (AvgIpc) is 2.97. The van der Waals surface area contributed by atoms with Crippen LogP contribution in [0.3, 0.4) is 0 Å². The highest BCUT2D eigenvalue weighted by Gasteiger charge is 2.32. The van der Waals surface area contributed by atoms with Crippen molar-refractivity contribution in [3.8, 4) is 0 Å². The molecule has 1 fully saturated rings. The van der Waals surface area contributed by atoms with Gasteiger partial charge in [0.1, 0.15) is 0 Å². The van der Waals surface area contributed by atoms with Crippen molar-refractivity contribution in [2.45, 2.75) is 45.4 Å². The van der Waals surface area contributed by atoms with Crippen molar-refractivity contribution in [3.05, 3.63) is 35.4 Å². The Morgan fingerprint density at radius 2 is 2.10 bits per heavy atom. The number of carbonyl (C=O) groups excluding carboxylic acids is 1. The van der Waals surface area contributed by atoms with Crippen LogP contribution in [0.5, 0.6) is 0 Å². The van der Waals surface area contributed by atoms with Crippen LogP contribution in [0.4, 0.5) is 0 Å². The summed E-state index contributed by atoms with van der Waals surface area (Å²) in [6, 6.07) is 8.29. The van der Waals surface area contributed by atoms with Crippen LogP contribution < -0.4 is 5.32 Å². The third-order valence-electron chi connectivity index (χ3n) is 4.02. The zero-order chi connectivity index (χ0) is 15.2. The van der Waals surface area contributed by atoms with Crippen molar-refractivity contribution in [3.63, 3.8) is 0 Å². The molecule has 1 heterocycles. The second-order valence-electron chi connectivity index (χ2n) is 5.80. The number of ether oxygens (including phenoxy) is 1. The standard InChI is InChI=1S/C17H26N2O2/c1-4-9-19(12-14-7-5-13(2)6-8-14)17(20)16-10-15(21-3)11-18-16/h5-8,15-16,18H,4,9-12H2,1-3H3. The van der Waals surface area contributed by atoms with Gasteiger partial charge >= 0.3 is 0 Å². The predicted octanol–water partition coefficient (Wildman–Crippen LogP) is 2.11. The molecule has 2 unspecified atom stereocenters. The first-order chi connectivity index (χ1) is 10.1. The molecule has 4 heteroatoms. The molecule has 4 nitrogen and oxygen atoms in total. The molecule has 1 aromatic carbocycles. The van der Waals surface area contributed by atoms with Gasteiger partial charge in [-0.25, -0.2) is 0 Å². The number of benzene rings is 1. The zero-order valence-corrected chi connectivity index (χ0v) is 13.3. The molecule has 0 spiro atoms. The van der Waals surface area contributed by atoms with Gasteiger partial charge in [0.15, 0.2) is 0 Å². The quantitative estimate of drug-likeness (QED) is 0.872. The van der Waals surface area contributed by atoms with Crippen molar-refractivity contribution in [2.24, 2.45) is 0 Å². The van der Waals surface area contributed by atoms with Gasteiger partial charge in [-0.05, 0) is 25.3 Å². The van der Waals surface area contributed by atoms with Gasteiger partial charge in [0.25, 0.3) is 0 Å². The first-order valence-electron chi connectivity index (χ1n) is 7.74. The summed E-state index contributed by atoms with van der Waals surface area (Å²) in [6.45, 7) is 6.42. The van der Waals surface area contributed by atoms with E-state index in [1.807, 2.05) is 4.90 Å². The lowest BCUT2D eigenvalue weighted by Crippen LogP contribution is -2.43. The Hall–Kier alpha value is -1.39. The molecule has 2 atom stereocenters.